The van der Waals surface area contributed by atoms with E-state index in [1.54, 1.807) is 48.5 Å². The van der Waals surface area contributed by atoms with Gasteiger partial charge in [-0.1, -0.05) is 42.5 Å². The van der Waals surface area contributed by atoms with E-state index in [0.717, 1.165) is 11.1 Å². The highest BCUT2D eigenvalue weighted by Gasteiger charge is 2.15. The van der Waals surface area contributed by atoms with E-state index in [1.807, 2.05) is 24.3 Å². The third kappa shape index (κ3) is 3.15. The van der Waals surface area contributed by atoms with E-state index in [1.165, 1.54) is 6.20 Å². The van der Waals surface area contributed by atoms with Crippen LogP contribution in [0.2, 0.25) is 0 Å². The summed E-state index contributed by atoms with van der Waals surface area (Å²) in [6.07, 6.45) is 1.43. The number of fused-ring (bicyclic) bond motifs is 1. The van der Waals surface area contributed by atoms with Crippen molar-refractivity contribution in [1.82, 2.24) is 4.98 Å². The first-order valence-corrected chi connectivity index (χ1v) is 8.69. The quantitative estimate of drug-likeness (QED) is 0.567. The summed E-state index contributed by atoms with van der Waals surface area (Å²) in [7, 11) is 0. The SMILES string of the molecule is N#Cc1cccc(-c2ccccc2NC(=O)c2c[nH]c3ccccc3c2=O)c1. The van der Waals surface area contributed by atoms with Crippen LogP contribution in [0.15, 0.2) is 83.8 Å². The monoisotopic (exact) mass is 365 g/mol. The molecule has 3 aromatic carbocycles. The Morgan fingerprint density at radius 1 is 0.964 bits per heavy atom. The molecule has 0 aliphatic rings. The zero-order valence-electron chi connectivity index (χ0n) is 14.8. The number of hydrogen-bond acceptors (Lipinski definition) is 3. The van der Waals surface area contributed by atoms with E-state index in [0.29, 0.717) is 22.2 Å². The standard InChI is InChI=1S/C23H15N3O2/c24-13-15-6-5-7-16(12-15)17-8-1-4-11-21(17)26-23(28)19-14-25-20-10-3-2-9-18(20)22(19)27/h1-12,14H,(H,25,27)(H,26,28). The number of nitrogens with one attached hydrogen (secondary N) is 2. The van der Waals surface area contributed by atoms with Gasteiger partial charge >= 0.3 is 0 Å². The maximum absolute atomic E-state index is 12.8. The molecular weight excluding hydrogens is 350 g/mol. The van der Waals surface area contributed by atoms with Gasteiger partial charge in [0, 0.05) is 28.4 Å². The van der Waals surface area contributed by atoms with Crippen molar-refractivity contribution in [2.24, 2.45) is 0 Å². The fourth-order valence-corrected chi connectivity index (χ4v) is 3.13. The van der Waals surface area contributed by atoms with Gasteiger partial charge in [-0.25, -0.2) is 0 Å². The van der Waals surface area contributed by atoms with Crippen molar-refractivity contribution in [3.05, 3.63) is 100 Å². The van der Waals surface area contributed by atoms with E-state index < -0.39 is 5.91 Å². The fraction of sp³-hybridized carbons (Fsp3) is 0. The summed E-state index contributed by atoms with van der Waals surface area (Å²) in [4.78, 5) is 28.5. The second-order valence-electron chi connectivity index (χ2n) is 6.27. The molecule has 1 aromatic heterocycles. The number of pyridine rings is 1. The first-order valence-electron chi connectivity index (χ1n) is 8.69. The molecule has 0 radical (unpaired) electrons. The molecule has 0 aliphatic carbocycles. The number of amides is 1. The van der Waals surface area contributed by atoms with Crippen LogP contribution in [-0.2, 0) is 0 Å². The fourth-order valence-electron chi connectivity index (χ4n) is 3.13. The summed E-state index contributed by atoms with van der Waals surface area (Å²) in [6.45, 7) is 0. The van der Waals surface area contributed by atoms with E-state index in [9.17, 15) is 9.59 Å². The van der Waals surface area contributed by atoms with Gasteiger partial charge in [0.15, 0.2) is 0 Å². The Balaban J connectivity index is 1.73. The van der Waals surface area contributed by atoms with E-state index in [-0.39, 0.29) is 11.0 Å². The predicted octanol–water partition coefficient (Wildman–Crippen LogP) is 4.32. The zero-order valence-corrected chi connectivity index (χ0v) is 14.8. The molecule has 5 nitrogen and oxygen atoms in total. The predicted molar refractivity (Wildman–Crippen MR) is 109 cm³/mol. The number of aromatic amines is 1. The third-order valence-electron chi connectivity index (χ3n) is 4.51. The Labute approximate surface area is 160 Å². The number of rotatable bonds is 3. The van der Waals surface area contributed by atoms with Crippen LogP contribution in [0.3, 0.4) is 0 Å². The number of anilines is 1. The molecule has 0 saturated heterocycles. The molecule has 5 heteroatoms. The van der Waals surface area contributed by atoms with Crippen LogP contribution < -0.4 is 10.7 Å². The van der Waals surface area contributed by atoms with Gasteiger partial charge in [-0.05, 0) is 35.9 Å². The van der Waals surface area contributed by atoms with Gasteiger partial charge in [0.2, 0.25) is 5.43 Å². The van der Waals surface area contributed by atoms with Crippen LogP contribution in [0.4, 0.5) is 5.69 Å². The van der Waals surface area contributed by atoms with Crippen molar-refractivity contribution < 1.29 is 4.79 Å². The van der Waals surface area contributed by atoms with Gasteiger partial charge in [-0.2, -0.15) is 5.26 Å². The molecule has 0 fully saturated rings. The summed E-state index contributed by atoms with van der Waals surface area (Å²) in [6, 6.07) is 23.6. The van der Waals surface area contributed by atoms with Crippen molar-refractivity contribution in [3.8, 4) is 17.2 Å². The molecular formula is C23H15N3O2. The Morgan fingerprint density at radius 2 is 1.75 bits per heavy atom. The molecule has 0 aliphatic heterocycles. The number of benzene rings is 3. The first kappa shape index (κ1) is 17.3. The minimum absolute atomic E-state index is 0.0410. The van der Waals surface area contributed by atoms with Crippen molar-refractivity contribution in [1.29, 1.82) is 5.26 Å². The molecule has 4 rings (SSSR count). The number of carbonyl (C=O) groups excluding carboxylic acids is 1. The molecule has 0 bridgehead atoms. The molecule has 0 atom stereocenters. The maximum atomic E-state index is 12.8. The van der Waals surface area contributed by atoms with Crippen molar-refractivity contribution in [2.75, 3.05) is 5.32 Å². The Morgan fingerprint density at radius 3 is 2.61 bits per heavy atom. The van der Waals surface area contributed by atoms with Crippen molar-refractivity contribution in [2.45, 2.75) is 0 Å². The number of carbonyl (C=O) groups is 1. The summed E-state index contributed by atoms with van der Waals surface area (Å²) in [5.41, 5.74) is 3.07. The Hall–Kier alpha value is -4.17. The van der Waals surface area contributed by atoms with Crippen LogP contribution in [-0.4, -0.2) is 10.9 Å². The third-order valence-corrected chi connectivity index (χ3v) is 4.51. The number of aromatic nitrogens is 1. The molecule has 0 unspecified atom stereocenters. The molecule has 0 spiro atoms. The van der Waals surface area contributed by atoms with E-state index >= 15 is 0 Å². The highest BCUT2D eigenvalue weighted by Crippen LogP contribution is 2.28. The molecule has 1 heterocycles. The van der Waals surface area contributed by atoms with Gasteiger partial charge in [0.05, 0.1) is 11.6 Å². The summed E-state index contributed by atoms with van der Waals surface area (Å²) < 4.78 is 0. The minimum Gasteiger partial charge on any atom is -0.360 e. The van der Waals surface area contributed by atoms with E-state index in [2.05, 4.69) is 16.4 Å². The number of hydrogen-bond donors (Lipinski definition) is 2. The highest BCUT2D eigenvalue weighted by molar-refractivity contribution is 6.07. The van der Waals surface area contributed by atoms with Crippen molar-refractivity contribution >= 4 is 22.5 Å². The van der Waals surface area contributed by atoms with Crippen molar-refractivity contribution in [3.63, 3.8) is 0 Å². The topological polar surface area (TPSA) is 85.8 Å². The average Bonchev–Trinajstić information content (AvgIpc) is 2.74. The average molecular weight is 365 g/mol. The molecule has 2 N–H and O–H groups in total. The van der Waals surface area contributed by atoms with E-state index in [4.69, 9.17) is 5.26 Å². The molecule has 134 valence electrons. The van der Waals surface area contributed by atoms with Gasteiger partial charge in [-0.3, -0.25) is 9.59 Å². The lowest BCUT2D eigenvalue weighted by atomic mass is 10.0. The van der Waals surface area contributed by atoms with Crippen LogP contribution in [0, 0.1) is 11.3 Å². The van der Waals surface area contributed by atoms with Gasteiger partial charge in [0.25, 0.3) is 5.91 Å². The lowest BCUT2D eigenvalue weighted by Gasteiger charge is -2.12. The lowest BCUT2D eigenvalue weighted by molar-refractivity contribution is 0.102. The minimum atomic E-state index is -0.490. The van der Waals surface area contributed by atoms with Crippen LogP contribution >= 0.6 is 0 Å². The highest BCUT2D eigenvalue weighted by atomic mass is 16.2. The van der Waals surface area contributed by atoms with Crippen LogP contribution in [0.1, 0.15) is 15.9 Å². The second-order valence-corrected chi connectivity index (χ2v) is 6.27. The summed E-state index contributed by atoms with van der Waals surface area (Å²) >= 11 is 0. The molecule has 1 amide bonds. The number of para-hydroxylation sites is 2. The van der Waals surface area contributed by atoms with Gasteiger partial charge in [-0.15, -0.1) is 0 Å². The normalized spacial score (nSPS) is 10.4. The van der Waals surface area contributed by atoms with Crippen LogP contribution in [0.25, 0.3) is 22.0 Å². The zero-order chi connectivity index (χ0) is 19.5. The summed E-state index contributed by atoms with van der Waals surface area (Å²) in [5.74, 6) is -0.490. The summed E-state index contributed by atoms with van der Waals surface area (Å²) in [5, 5.41) is 12.4. The smallest absolute Gasteiger partial charge is 0.261 e. The second kappa shape index (κ2) is 7.22. The number of H-pyrrole nitrogens is 1. The maximum Gasteiger partial charge on any atom is 0.261 e. The van der Waals surface area contributed by atoms with Gasteiger partial charge < -0.3 is 10.3 Å². The van der Waals surface area contributed by atoms with Crippen LogP contribution in [0.5, 0.6) is 0 Å². The molecule has 4 aromatic rings. The number of nitriles is 1. The lowest BCUT2D eigenvalue weighted by Crippen LogP contribution is -2.22. The number of nitrogens with zero attached hydrogens (tertiary/aromatic N) is 1. The first-order chi connectivity index (χ1) is 13.7. The largest absolute Gasteiger partial charge is 0.360 e. The Bertz CT molecular complexity index is 1300. The Kier molecular flexibility index (Phi) is 4.45. The molecule has 28 heavy (non-hydrogen) atoms. The van der Waals surface area contributed by atoms with Gasteiger partial charge in [0.1, 0.15) is 5.56 Å². The molecule has 0 saturated carbocycles.